The fourth-order valence-corrected chi connectivity index (χ4v) is 2.59. The minimum Gasteiger partial charge on any atom is -0.305 e. The molecule has 7 nitrogen and oxygen atoms in total. The average Bonchev–Trinajstić information content (AvgIpc) is 3.35. The lowest BCUT2D eigenvalue weighted by molar-refractivity contribution is 0.102. The summed E-state index contributed by atoms with van der Waals surface area (Å²) in [5, 5.41) is 11.4. The van der Waals surface area contributed by atoms with Crippen molar-refractivity contribution in [2.45, 2.75) is 6.54 Å². The number of carbonyl (C=O) groups is 1. The van der Waals surface area contributed by atoms with Crippen LogP contribution in [0.4, 0.5) is 5.82 Å². The quantitative estimate of drug-likeness (QED) is 0.604. The van der Waals surface area contributed by atoms with Crippen LogP contribution in [0.2, 0.25) is 0 Å². The van der Waals surface area contributed by atoms with Crippen molar-refractivity contribution in [2.24, 2.45) is 0 Å². The molecule has 26 heavy (non-hydrogen) atoms. The molecule has 4 aromatic rings. The Morgan fingerprint density at radius 3 is 2.69 bits per heavy atom. The van der Waals surface area contributed by atoms with E-state index in [2.05, 4.69) is 20.5 Å². The van der Waals surface area contributed by atoms with Gasteiger partial charge in [-0.15, -0.1) is 0 Å². The molecule has 0 atom stereocenters. The van der Waals surface area contributed by atoms with E-state index < -0.39 is 0 Å². The van der Waals surface area contributed by atoms with Gasteiger partial charge in [-0.1, -0.05) is 6.07 Å². The average molecular weight is 344 g/mol. The summed E-state index contributed by atoms with van der Waals surface area (Å²) in [5.41, 5.74) is 2.46. The molecule has 1 N–H and O–H groups in total. The summed E-state index contributed by atoms with van der Waals surface area (Å²) in [6.45, 7) is 0.618. The van der Waals surface area contributed by atoms with Gasteiger partial charge in [0, 0.05) is 42.6 Å². The predicted molar refractivity (Wildman–Crippen MR) is 97.1 cm³/mol. The molecule has 0 aliphatic carbocycles. The third kappa shape index (κ3) is 3.51. The van der Waals surface area contributed by atoms with Crippen molar-refractivity contribution in [1.29, 1.82) is 0 Å². The second kappa shape index (κ2) is 7.02. The number of aromatic nitrogens is 5. The van der Waals surface area contributed by atoms with E-state index in [9.17, 15) is 4.79 Å². The van der Waals surface area contributed by atoms with E-state index in [1.165, 1.54) is 0 Å². The summed E-state index contributed by atoms with van der Waals surface area (Å²) in [6, 6.07) is 14.7. The van der Waals surface area contributed by atoms with Gasteiger partial charge >= 0.3 is 0 Å². The summed E-state index contributed by atoms with van der Waals surface area (Å²) in [6.07, 6.45) is 8.85. The SMILES string of the molecule is O=C(Nc1ccn(Cc2ccncc2)n1)c1cccc(-n2cccn2)c1. The van der Waals surface area contributed by atoms with Crippen LogP contribution in [0.3, 0.4) is 0 Å². The summed E-state index contributed by atoms with van der Waals surface area (Å²) < 4.78 is 3.48. The minimum absolute atomic E-state index is 0.215. The molecule has 7 heteroatoms. The molecule has 0 aliphatic heterocycles. The van der Waals surface area contributed by atoms with Crippen LogP contribution in [-0.4, -0.2) is 30.5 Å². The Balaban J connectivity index is 1.46. The number of nitrogens with one attached hydrogen (secondary N) is 1. The normalized spacial score (nSPS) is 10.6. The minimum atomic E-state index is -0.215. The molecule has 0 saturated heterocycles. The van der Waals surface area contributed by atoms with Crippen molar-refractivity contribution in [1.82, 2.24) is 24.5 Å². The Hall–Kier alpha value is -3.74. The third-order valence-electron chi connectivity index (χ3n) is 3.85. The van der Waals surface area contributed by atoms with Crippen LogP contribution in [-0.2, 0) is 6.54 Å². The zero-order valence-electron chi connectivity index (χ0n) is 13.9. The number of nitrogens with zero attached hydrogens (tertiary/aromatic N) is 5. The molecule has 1 aromatic carbocycles. The van der Waals surface area contributed by atoms with Crippen molar-refractivity contribution in [2.75, 3.05) is 5.32 Å². The zero-order chi connectivity index (χ0) is 17.8. The number of amides is 1. The second-order valence-corrected chi connectivity index (χ2v) is 5.71. The van der Waals surface area contributed by atoms with Crippen LogP contribution in [0.1, 0.15) is 15.9 Å². The first kappa shape index (κ1) is 15.8. The lowest BCUT2D eigenvalue weighted by Gasteiger charge is -2.06. The van der Waals surface area contributed by atoms with Crippen molar-refractivity contribution in [3.63, 3.8) is 0 Å². The number of hydrogen-bond acceptors (Lipinski definition) is 4. The smallest absolute Gasteiger partial charge is 0.256 e. The Morgan fingerprint density at radius 2 is 1.88 bits per heavy atom. The lowest BCUT2D eigenvalue weighted by atomic mass is 10.2. The molecule has 1 amide bonds. The number of benzene rings is 1. The summed E-state index contributed by atoms with van der Waals surface area (Å²) in [4.78, 5) is 16.5. The molecule has 0 bridgehead atoms. The standard InChI is InChI=1S/C19H16N6O/c26-19(16-3-1-4-17(13-16)25-11-2-8-21-25)22-18-7-12-24(23-18)14-15-5-9-20-10-6-15/h1-13H,14H2,(H,22,23,26). The zero-order valence-corrected chi connectivity index (χ0v) is 13.9. The van der Waals surface area contributed by atoms with E-state index in [-0.39, 0.29) is 5.91 Å². The Morgan fingerprint density at radius 1 is 1.00 bits per heavy atom. The van der Waals surface area contributed by atoms with Crippen LogP contribution in [0.5, 0.6) is 0 Å². The summed E-state index contributed by atoms with van der Waals surface area (Å²) in [5.74, 6) is 0.293. The number of hydrogen-bond donors (Lipinski definition) is 1. The number of rotatable bonds is 5. The van der Waals surface area contributed by atoms with E-state index in [0.29, 0.717) is 17.9 Å². The fraction of sp³-hybridized carbons (Fsp3) is 0.0526. The molecule has 0 radical (unpaired) electrons. The first-order valence-corrected chi connectivity index (χ1v) is 8.12. The van der Waals surface area contributed by atoms with Crippen LogP contribution in [0.15, 0.2) is 79.5 Å². The van der Waals surface area contributed by atoms with E-state index in [4.69, 9.17) is 0 Å². The van der Waals surface area contributed by atoms with Gasteiger partial charge in [0.2, 0.25) is 0 Å². The maximum atomic E-state index is 12.5. The first-order valence-electron chi connectivity index (χ1n) is 8.12. The maximum Gasteiger partial charge on any atom is 0.256 e. The van der Waals surface area contributed by atoms with Gasteiger partial charge in [0.1, 0.15) is 0 Å². The molecule has 0 fully saturated rings. The van der Waals surface area contributed by atoms with Gasteiger partial charge in [0.15, 0.2) is 5.82 Å². The summed E-state index contributed by atoms with van der Waals surface area (Å²) in [7, 11) is 0. The second-order valence-electron chi connectivity index (χ2n) is 5.71. The largest absolute Gasteiger partial charge is 0.305 e. The van der Waals surface area contributed by atoms with Gasteiger partial charge in [-0.05, 0) is 42.0 Å². The van der Waals surface area contributed by atoms with Gasteiger partial charge in [-0.2, -0.15) is 10.2 Å². The molecule has 3 aromatic heterocycles. The van der Waals surface area contributed by atoms with Gasteiger partial charge in [-0.3, -0.25) is 14.5 Å². The van der Waals surface area contributed by atoms with E-state index in [0.717, 1.165) is 11.3 Å². The molecule has 4 rings (SSSR count). The van der Waals surface area contributed by atoms with Crippen molar-refractivity contribution >= 4 is 11.7 Å². The van der Waals surface area contributed by atoms with Crippen LogP contribution in [0.25, 0.3) is 5.69 Å². The van der Waals surface area contributed by atoms with Crippen molar-refractivity contribution in [3.8, 4) is 5.69 Å². The Kier molecular flexibility index (Phi) is 4.26. The van der Waals surface area contributed by atoms with Gasteiger partial charge in [-0.25, -0.2) is 4.68 Å². The van der Waals surface area contributed by atoms with Crippen LogP contribution < -0.4 is 5.32 Å². The Labute approximate surface area is 149 Å². The highest BCUT2D eigenvalue weighted by atomic mass is 16.1. The topological polar surface area (TPSA) is 77.6 Å². The number of carbonyl (C=O) groups excluding carboxylic acids is 1. The molecule has 0 spiro atoms. The Bertz CT molecular complexity index is 1010. The number of anilines is 1. The highest BCUT2D eigenvalue weighted by Crippen LogP contribution is 2.12. The van der Waals surface area contributed by atoms with Crippen molar-refractivity contribution in [3.05, 3.63) is 90.6 Å². The van der Waals surface area contributed by atoms with E-state index in [1.807, 2.05) is 42.7 Å². The van der Waals surface area contributed by atoms with E-state index in [1.54, 1.807) is 46.2 Å². The first-order chi connectivity index (χ1) is 12.8. The van der Waals surface area contributed by atoms with Crippen LogP contribution >= 0.6 is 0 Å². The number of pyridine rings is 1. The molecule has 0 saturated carbocycles. The molecule has 0 unspecified atom stereocenters. The molecular formula is C19H16N6O. The lowest BCUT2D eigenvalue weighted by Crippen LogP contribution is -2.13. The van der Waals surface area contributed by atoms with Crippen LogP contribution in [0, 0.1) is 0 Å². The third-order valence-corrected chi connectivity index (χ3v) is 3.85. The fourth-order valence-electron chi connectivity index (χ4n) is 2.59. The molecule has 0 aliphatic rings. The molecular weight excluding hydrogens is 328 g/mol. The molecule has 3 heterocycles. The van der Waals surface area contributed by atoms with Gasteiger partial charge in [0.25, 0.3) is 5.91 Å². The highest BCUT2D eigenvalue weighted by molar-refractivity contribution is 6.04. The van der Waals surface area contributed by atoms with Crippen molar-refractivity contribution < 1.29 is 4.79 Å². The van der Waals surface area contributed by atoms with E-state index >= 15 is 0 Å². The highest BCUT2D eigenvalue weighted by Gasteiger charge is 2.09. The maximum absolute atomic E-state index is 12.5. The summed E-state index contributed by atoms with van der Waals surface area (Å²) >= 11 is 0. The van der Waals surface area contributed by atoms with Gasteiger partial charge in [0.05, 0.1) is 12.2 Å². The predicted octanol–water partition coefficient (Wildman–Crippen LogP) is 2.76. The molecule has 128 valence electrons. The monoisotopic (exact) mass is 344 g/mol. The van der Waals surface area contributed by atoms with Gasteiger partial charge < -0.3 is 5.32 Å².